The maximum Gasteiger partial charge on any atom is 0.339 e. The average molecular weight is 438 g/mol. The number of ketones is 1. The zero-order valence-corrected chi connectivity index (χ0v) is 19.2. The number of carbonyl (C=O) groups is 2. The van der Waals surface area contributed by atoms with E-state index >= 15 is 0 Å². The molecule has 0 radical (unpaired) electrons. The lowest BCUT2D eigenvalue weighted by Crippen LogP contribution is -2.27. The smallest absolute Gasteiger partial charge is 0.339 e. The molecular weight excluding hydrogens is 410 g/mol. The first-order chi connectivity index (χ1) is 16.0. The highest BCUT2D eigenvalue weighted by Gasteiger charge is 2.25. The fraction of sp³-hybridized carbons (Fsp3) is 0.207. The number of benzene rings is 3. The van der Waals surface area contributed by atoms with Crippen LogP contribution in [-0.2, 0) is 11.2 Å². The highest BCUT2D eigenvalue weighted by atomic mass is 16.5. The van der Waals surface area contributed by atoms with Crippen LogP contribution in [0.3, 0.4) is 0 Å². The minimum Gasteiger partial charge on any atom is -0.450 e. The molecule has 4 nitrogen and oxygen atoms in total. The number of carbonyl (C=O) groups excluding carboxylic acids is 2. The summed E-state index contributed by atoms with van der Waals surface area (Å²) in [5.74, 6) is -0.716. The largest absolute Gasteiger partial charge is 0.450 e. The zero-order chi connectivity index (χ0) is 23.4. The number of nitrogens with zero attached hydrogens (tertiary/aromatic N) is 1. The molecule has 4 aromatic rings. The Morgan fingerprint density at radius 2 is 1.64 bits per heavy atom. The standard InChI is InChI=1S/C29H27NO3/c1-4-20-14-16-21(17-15-20)25-18-24(23-13-9-10-19(3)27(23)30-25)29(32)33-26(5-2)28(31)22-11-7-6-8-12-22/h6-18,26H,4-5H2,1-3H3/t26-/m0/s1. The van der Waals surface area contributed by atoms with Gasteiger partial charge in [0.1, 0.15) is 0 Å². The van der Waals surface area contributed by atoms with Crippen molar-refractivity contribution in [3.05, 3.63) is 101 Å². The van der Waals surface area contributed by atoms with Gasteiger partial charge in [-0.3, -0.25) is 4.79 Å². The fourth-order valence-corrected chi connectivity index (χ4v) is 3.92. The van der Waals surface area contributed by atoms with Crippen molar-refractivity contribution in [1.82, 2.24) is 4.98 Å². The van der Waals surface area contributed by atoms with Crippen LogP contribution >= 0.6 is 0 Å². The summed E-state index contributed by atoms with van der Waals surface area (Å²) in [6.07, 6.45) is 0.503. The number of ether oxygens (including phenoxy) is 1. The summed E-state index contributed by atoms with van der Waals surface area (Å²) in [5, 5.41) is 0.718. The molecule has 0 aliphatic rings. The third-order valence-corrected chi connectivity index (χ3v) is 5.89. The molecule has 33 heavy (non-hydrogen) atoms. The van der Waals surface area contributed by atoms with Gasteiger partial charge in [0.15, 0.2) is 6.10 Å². The molecule has 0 aliphatic carbocycles. The Hall–Kier alpha value is -3.79. The summed E-state index contributed by atoms with van der Waals surface area (Å²) < 4.78 is 5.76. The Bertz CT molecular complexity index is 1290. The van der Waals surface area contributed by atoms with Gasteiger partial charge in [-0.05, 0) is 37.0 Å². The molecule has 0 bridgehead atoms. The SMILES string of the molecule is CCc1ccc(-c2cc(C(=O)O[C@@H](CC)C(=O)c3ccccc3)c3cccc(C)c3n2)cc1. The van der Waals surface area contributed by atoms with Gasteiger partial charge in [0.2, 0.25) is 5.78 Å². The number of aromatic nitrogens is 1. The van der Waals surface area contributed by atoms with Crippen LogP contribution in [0.2, 0.25) is 0 Å². The van der Waals surface area contributed by atoms with Gasteiger partial charge in [0.05, 0.1) is 16.8 Å². The van der Waals surface area contributed by atoms with E-state index in [1.54, 1.807) is 30.3 Å². The lowest BCUT2D eigenvalue weighted by atomic mass is 10.0. The molecule has 1 aromatic heterocycles. The molecule has 1 atom stereocenters. The van der Waals surface area contributed by atoms with Crippen LogP contribution in [0.4, 0.5) is 0 Å². The number of fused-ring (bicyclic) bond motifs is 1. The van der Waals surface area contributed by atoms with Crippen molar-refractivity contribution in [2.24, 2.45) is 0 Å². The summed E-state index contributed by atoms with van der Waals surface area (Å²) in [6.45, 7) is 5.93. The molecule has 0 saturated carbocycles. The van der Waals surface area contributed by atoms with Gasteiger partial charge in [-0.1, -0.05) is 86.6 Å². The number of para-hydroxylation sites is 1. The van der Waals surface area contributed by atoms with E-state index in [0.717, 1.165) is 28.5 Å². The van der Waals surface area contributed by atoms with Crippen molar-refractivity contribution in [3.8, 4) is 11.3 Å². The fourth-order valence-electron chi connectivity index (χ4n) is 3.92. The van der Waals surface area contributed by atoms with Gasteiger partial charge in [0, 0.05) is 16.5 Å². The van der Waals surface area contributed by atoms with Crippen LogP contribution in [0.25, 0.3) is 22.2 Å². The van der Waals surface area contributed by atoms with Crippen LogP contribution < -0.4 is 0 Å². The Morgan fingerprint density at radius 1 is 0.909 bits per heavy atom. The topological polar surface area (TPSA) is 56.3 Å². The second kappa shape index (κ2) is 9.78. The molecule has 1 heterocycles. The normalized spacial score (nSPS) is 11.8. The molecule has 0 N–H and O–H groups in total. The first kappa shape index (κ1) is 22.4. The van der Waals surface area contributed by atoms with E-state index < -0.39 is 12.1 Å². The maximum absolute atomic E-state index is 13.4. The molecule has 0 aliphatic heterocycles. The summed E-state index contributed by atoms with van der Waals surface area (Å²) >= 11 is 0. The second-order valence-corrected chi connectivity index (χ2v) is 8.11. The van der Waals surface area contributed by atoms with E-state index in [2.05, 4.69) is 19.1 Å². The van der Waals surface area contributed by atoms with E-state index in [0.29, 0.717) is 23.2 Å². The Kier molecular flexibility index (Phi) is 6.64. The third kappa shape index (κ3) is 4.70. The van der Waals surface area contributed by atoms with E-state index in [1.165, 1.54) is 5.56 Å². The molecule has 4 rings (SSSR count). The average Bonchev–Trinajstić information content (AvgIpc) is 2.87. The van der Waals surface area contributed by atoms with Crippen molar-refractivity contribution in [2.75, 3.05) is 0 Å². The molecule has 0 amide bonds. The monoisotopic (exact) mass is 437 g/mol. The third-order valence-electron chi connectivity index (χ3n) is 5.89. The summed E-state index contributed by atoms with van der Waals surface area (Å²) in [7, 11) is 0. The van der Waals surface area contributed by atoms with Crippen molar-refractivity contribution in [1.29, 1.82) is 0 Å². The first-order valence-corrected chi connectivity index (χ1v) is 11.3. The van der Waals surface area contributed by atoms with Gasteiger partial charge in [-0.25, -0.2) is 9.78 Å². The van der Waals surface area contributed by atoms with Crippen molar-refractivity contribution in [2.45, 2.75) is 39.7 Å². The predicted octanol–water partition coefficient (Wildman–Crippen LogP) is 6.59. The Morgan fingerprint density at radius 3 is 2.30 bits per heavy atom. The molecule has 3 aromatic carbocycles. The molecular formula is C29H27NO3. The van der Waals surface area contributed by atoms with Crippen LogP contribution in [-0.4, -0.2) is 22.8 Å². The van der Waals surface area contributed by atoms with Gasteiger partial charge >= 0.3 is 5.97 Å². The van der Waals surface area contributed by atoms with Crippen LogP contribution in [0.5, 0.6) is 0 Å². The van der Waals surface area contributed by atoms with Gasteiger partial charge in [0.25, 0.3) is 0 Å². The number of hydrogen-bond acceptors (Lipinski definition) is 4. The number of rotatable bonds is 7. The highest BCUT2D eigenvalue weighted by molar-refractivity contribution is 6.07. The lowest BCUT2D eigenvalue weighted by molar-refractivity contribution is 0.0279. The number of Topliss-reactive ketones (excluding diaryl/α,β-unsaturated/α-hetero) is 1. The van der Waals surface area contributed by atoms with Gasteiger partial charge in [-0.15, -0.1) is 0 Å². The molecule has 0 unspecified atom stereocenters. The summed E-state index contributed by atoms with van der Waals surface area (Å²) in [5.41, 5.74) is 5.54. The van der Waals surface area contributed by atoms with Crippen molar-refractivity contribution < 1.29 is 14.3 Å². The summed E-state index contributed by atoms with van der Waals surface area (Å²) in [6, 6.07) is 24.6. The molecule has 0 spiro atoms. The molecule has 166 valence electrons. The number of pyridine rings is 1. The minimum atomic E-state index is -0.847. The maximum atomic E-state index is 13.4. The van der Waals surface area contributed by atoms with Crippen LogP contribution in [0.15, 0.2) is 78.9 Å². The number of hydrogen-bond donors (Lipinski definition) is 0. The molecule has 0 saturated heterocycles. The summed E-state index contributed by atoms with van der Waals surface area (Å²) in [4.78, 5) is 31.1. The predicted molar refractivity (Wildman–Crippen MR) is 132 cm³/mol. The second-order valence-electron chi connectivity index (χ2n) is 8.11. The quantitative estimate of drug-likeness (QED) is 0.242. The van der Waals surface area contributed by atoms with Gasteiger partial charge < -0.3 is 4.74 Å². The number of aryl methyl sites for hydroxylation is 2. The van der Waals surface area contributed by atoms with Crippen molar-refractivity contribution in [3.63, 3.8) is 0 Å². The van der Waals surface area contributed by atoms with E-state index in [-0.39, 0.29) is 5.78 Å². The van der Waals surface area contributed by atoms with Crippen LogP contribution in [0, 0.1) is 6.92 Å². The van der Waals surface area contributed by atoms with E-state index in [1.807, 2.05) is 50.2 Å². The van der Waals surface area contributed by atoms with Gasteiger partial charge in [-0.2, -0.15) is 0 Å². The van der Waals surface area contributed by atoms with E-state index in [9.17, 15) is 9.59 Å². The Balaban J connectivity index is 1.74. The first-order valence-electron chi connectivity index (χ1n) is 11.3. The lowest BCUT2D eigenvalue weighted by Gasteiger charge is -2.17. The Labute approximate surface area is 194 Å². The van der Waals surface area contributed by atoms with E-state index in [4.69, 9.17) is 9.72 Å². The molecule has 0 fully saturated rings. The number of esters is 1. The zero-order valence-electron chi connectivity index (χ0n) is 19.2. The highest BCUT2D eigenvalue weighted by Crippen LogP contribution is 2.28. The van der Waals surface area contributed by atoms with Crippen LogP contribution in [0.1, 0.15) is 52.1 Å². The van der Waals surface area contributed by atoms with Crippen molar-refractivity contribution >= 4 is 22.7 Å². The minimum absolute atomic E-state index is 0.198. The molecule has 4 heteroatoms.